The van der Waals surface area contributed by atoms with Gasteiger partial charge in [-0.15, -0.1) is 0 Å². The average Bonchev–Trinajstić information content (AvgIpc) is 3.56. The van der Waals surface area contributed by atoms with E-state index in [0.717, 1.165) is 5.56 Å². The Kier molecular flexibility index (Phi) is 9.38. The molecule has 2 aromatic rings. The van der Waals surface area contributed by atoms with Gasteiger partial charge in [0, 0.05) is 24.9 Å². The molecule has 9 N–H and O–H groups in total. The van der Waals surface area contributed by atoms with Crippen LogP contribution in [-0.4, -0.2) is 85.4 Å². The van der Waals surface area contributed by atoms with Gasteiger partial charge in [0.2, 0.25) is 23.6 Å². The molecule has 3 rings (SSSR count). The second-order valence-electron chi connectivity index (χ2n) is 9.08. The Labute approximate surface area is 217 Å². The number of benzene rings is 1. The highest BCUT2D eigenvalue weighted by molar-refractivity contribution is 5.95. The van der Waals surface area contributed by atoms with Crippen LogP contribution in [0.4, 0.5) is 0 Å². The highest BCUT2D eigenvalue weighted by Crippen LogP contribution is 2.20. The molecule has 4 atom stereocenters. The number of carbonyl (C=O) groups is 5. The van der Waals surface area contributed by atoms with Crippen molar-refractivity contribution in [2.24, 2.45) is 11.5 Å². The lowest BCUT2D eigenvalue weighted by atomic mass is 10.0. The number of primary amides is 1. The smallest absolute Gasteiger partial charge is 0.326 e. The molecule has 0 saturated carbocycles. The Morgan fingerprint density at radius 3 is 2.42 bits per heavy atom. The van der Waals surface area contributed by atoms with Crippen molar-refractivity contribution in [1.82, 2.24) is 25.5 Å². The van der Waals surface area contributed by atoms with Crippen molar-refractivity contribution in [1.29, 1.82) is 0 Å². The van der Waals surface area contributed by atoms with Crippen LogP contribution in [0.25, 0.3) is 0 Å². The number of phenolic OH excluding ortho intramolecular Hbond substituents is 1. The van der Waals surface area contributed by atoms with Crippen LogP contribution < -0.4 is 22.1 Å². The predicted molar refractivity (Wildman–Crippen MR) is 132 cm³/mol. The standard InChI is InChI=1S/C24H31N7O7/c25-16(8-13-3-5-15(32)6-4-13)23(36)31-7-1-2-19(31)22(35)29-17(9-14-11-27-12-28-14)21(34)30-18(24(37)38)10-20(26)33/h3-6,11-12,16-19,32H,1-2,7-10,25H2,(H2,26,33)(H,27,28)(H,29,35)(H,30,34)(H,37,38). The third-order valence-electron chi connectivity index (χ3n) is 6.18. The van der Waals surface area contributed by atoms with E-state index < -0.39 is 60.2 Å². The molecule has 0 bridgehead atoms. The molecule has 14 nitrogen and oxygen atoms in total. The van der Waals surface area contributed by atoms with Crippen LogP contribution in [0.1, 0.15) is 30.5 Å². The Hall–Kier alpha value is -4.46. The lowest BCUT2D eigenvalue weighted by molar-refractivity contribution is -0.144. The Morgan fingerprint density at radius 2 is 1.82 bits per heavy atom. The van der Waals surface area contributed by atoms with E-state index in [2.05, 4.69) is 20.6 Å². The van der Waals surface area contributed by atoms with Crippen molar-refractivity contribution < 1.29 is 34.2 Å². The maximum atomic E-state index is 13.2. The minimum absolute atomic E-state index is 0.0541. The minimum Gasteiger partial charge on any atom is -0.508 e. The van der Waals surface area contributed by atoms with E-state index in [4.69, 9.17) is 11.5 Å². The number of carboxylic acid groups (broad SMARTS) is 1. The molecule has 1 aromatic heterocycles. The Morgan fingerprint density at radius 1 is 1.11 bits per heavy atom. The number of hydrogen-bond acceptors (Lipinski definition) is 8. The van der Waals surface area contributed by atoms with Crippen LogP contribution in [0.5, 0.6) is 5.75 Å². The Bertz CT molecular complexity index is 1150. The van der Waals surface area contributed by atoms with E-state index >= 15 is 0 Å². The SMILES string of the molecule is NC(=O)CC(NC(=O)C(Cc1cnc[nH]1)NC(=O)C1CCCN1C(=O)C(N)Cc1ccc(O)cc1)C(=O)O. The van der Waals surface area contributed by atoms with Gasteiger partial charge in [-0.05, 0) is 37.0 Å². The molecule has 0 spiro atoms. The zero-order chi connectivity index (χ0) is 27.8. The van der Waals surface area contributed by atoms with E-state index in [1.54, 1.807) is 12.1 Å². The summed E-state index contributed by atoms with van der Waals surface area (Å²) in [4.78, 5) is 70.1. The third-order valence-corrected chi connectivity index (χ3v) is 6.18. The number of aromatic nitrogens is 2. The second-order valence-corrected chi connectivity index (χ2v) is 9.08. The fourth-order valence-electron chi connectivity index (χ4n) is 4.26. The van der Waals surface area contributed by atoms with Crippen molar-refractivity contribution in [3.8, 4) is 5.75 Å². The zero-order valence-corrected chi connectivity index (χ0v) is 20.5. The zero-order valence-electron chi connectivity index (χ0n) is 20.5. The summed E-state index contributed by atoms with van der Waals surface area (Å²) < 4.78 is 0. The fourth-order valence-corrected chi connectivity index (χ4v) is 4.26. The lowest BCUT2D eigenvalue weighted by Gasteiger charge is -2.28. The van der Waals surface area contributed by atoms with Gasteiger partial charge < -0.3 is 42.2 Å². The monoisotopic (exact) mass is 529 g/mol. The average molecular weight is 530 g/mol. The van der Waals surface area contributed by atoms with Crippen molar-refractivity contribution in [2.45, 2.75) is 56.3 Å². The lowest BCUT2D eigenvalue weighted by Crippen LogP contribution is -2.57. The van der Waals surface area contributed by atoms with Crippen LogP contribution in [-0.2, 0) is 36.8 Å². The van der Waals surface area contributed by atoms with Crippen LogP contribution >= 0.6 is 0 Å². The minimum atomic E-state index is -1.58. The number of aromatic hydroxyl groups is 1. The first-order valence-corrected chi connectivity index (χ1v) is 12.0. The molecule has 204 valence electrons. The van der Waals surface area contributed by atoms with Gasteiger partial charge >= 0.3 is 5.97 Å². The normalized spacial score (nSPS) is 17.3. The predicted octanol–water partition coefficient (Wildman–Crippen LogP) is -1.85. The highest BCUT2D eigenvalue weighted by Gasteiger charge is 2.38. The maximum Gasteiger partial charge on any atom is 0.326 e. The third kappa shape index (κ3) is 7.52. The molecule has 0 aliphatic carbocycles. The van der Waals surface area contributed by atoms with Gasteiger partial charge in [0.15, 0.2) is 0 Å². The highest BCUT2D eigenvalue weighted by atomic mass is 16.4. The summed E-state index contributed by atoms with van der Waals surface area (Å²) in [5.74, 6) is -4.18. The number of likely N-dealkylation sites (tertiary alicyclic amines) is 1. The molecular formula is C24H31N7O7. The molecule has 1 aliphatic rings. The number of carboxylic acids is 1. The molecule has 1 aliphatic heterocycles. The first-order valence-electron chi connectivity index (χ1n) is 12.0. The number of nitrogens with zero attached hydrogens (tertiary/aromatic N) is 2. The van der Waals surface area contributed by atoms with E-state index in [9.17, 15) is 34.2 Å². The van der Waals surface area contributed by atoms with Crippen molar-refractivity contribution in [3.63, 3.8) is 0 Å². The van der Waals surface area contributed by atoms with E-state index in [0.29, 0.717) is 25.1 Å². The fraction of sp³-hybridized carbons (Fsp3) is 0.417. The van der Waals surface area contributed by atoms with Crippen LogP contribution in [0.15, 0.2) is 36.8 Å². The first-order chi connectivity index (χ1) is 18.0. The molecule has 38 heavy (non-hydrogen) atoms. The number of imidazole rings is 1. The molecular weight excluding hydrogens is 498 g/mol. The van der Waals surface area contributed by atoms with Crippen molar-refractivity contribution in [3.05, 3.63) is 48.0 Å². The molecule has 1 saturated heterocycles. The largest absolute Gasteiger partial charge is 0.508 e. The van der Waals surface area contributed by atoms with E-state index in [1.807, 2.05) is 0 Å². The number of rotatable bonds is 12. The topological polar surface area (TPSA) is 234 Å². The van der Waals surface area contributed by atoms with E-state index in [-0.39, 0.29) is 18.6 Å². The van der Waals surface area contributed by atoms with Gasteiger partial charge in [0.25, 0.3) is 0 Å². The van der Waals surface area contributed by atoms with Crippen molar-refractivity contribution >= 4 is 29.6 Å². The molecule has 1 fully saturated rings. The number of phenols is 1. The molecule has 0 radical (unpaired) electrons. The van der Waals surface area contributed by atoms with Crippen molar-refractivity contribution in [2.75, 3.05) is 6.54 Å². The Balaban J connectivity index is 1.70. The van der Waals surface area contributed by atoms with Gasteiger partial charge in [-0.3, -0.25) is 19.2 Å². The number of nitrogens with two attached hydrogens (primary N) is 2. The number of carbonyl (C=O) groups excluding carboxylic acids is 4. The number of aromatic amines is 1. The molecule has 4 unspecified atom stereocenters. The van der Waals surface area contributed by atoms with E-state index in [1.165, 1.54) is 29.6 Å². The molecule has 2 heterocycles. The summed E-state index contributed by atoms with van der Waals surface area (Å²) in [7, 11) is 0. The summed E-state index contributed by atoms with van der Waals surface area (Å²) in [5, 5.41) is 23.6. The van der Waals surface area contributed by atoms with Gasteiger partial charge in [0.1, 0.15) is 23.9 Å². The quantitative estimate of drug-likeness (QED) is 0.163. The number of nitrogens with one attached hydrogen (secondary N) is 3. The van der Waals surface area contributed by atoms with Gasteiger partial charge in [-0.25, -0.2) is 9.78 Å². The van der Waals surface area contributed by atoms with Gasteiger partial charge in [-0.1, -0.05) is 12.1 Å². The number of aliphatic carboxylic acids is 1. The number of amides is 4. The number of H-pyrrole nitrogens is 1. The number of hydrogen-bond donors (Lipinski definition) is 7. The molecule has 4 amide bonds. The van der Waals surface area contributed by atoms with Crippen LogP contribution in [0, 0.1) is 0 Å². The summed E-state index contributed by atoms with van der Waals surface area (Å²) in [6, 6.07) is 1.65. The summed E-state index contributed by atoms with van der Waals surface area (Å²) in [5.41, 5.74) is 12.5. The maximum absolute atomic E-state index is 13.2. The van der Waals surface area contributed by atoms with Gasteiger partial charge in [-0.2, -0.15) is 0 Å². The molecule has 14 heteroatoms. The summed E-state index contributed by atoms with van der Waals surface area (Å²) in [6.07, 6.45) is 3.24. The summed E-state index contributed by atoms with van der Waals surface area (Å²) in [6.45, 7) is 0.303. The molecule has 1 aromatic carbocycles. The first kappa shape index (κ1) is 28.1. The summed E-state index contributed by atoms with van der Waals surface area (Å²) >= 11 is 0. The van der Waals surface area contributed by atoms with Crippen LogP contribution in [0.2, 0.25) is 0 Å². The van der Waals surface area contributed by atoms with Gasteiger partial charge in [0.05, 0.1) is 18.8 Å². The van der Waals surface area contributed by atoms with Crippen LogP contribution in [0.3, 0.4) is 0 Å². The second kappa shape index (κ2) is 12.7.